The monoisotopic (exact) mass is 414 g/mol. The molecule has 160 valence electrons. The van der Waals surface area contributed by atoms with E-state index in [-0.39, 0.29) is 11.3 Å². The minimum absolute atomic E-state index is 0.147. The third-order valence-corrected chi connectivity index (χ3v) is 4.06. The van der Waals surface area contributed by atoms with Crippen molar-refractivity contribution >= 4 is 22.9 Å². The van der Waals surface area contributed by atoms with Crippen molar-refractivity contribution in [3.63, 3.8) is 0 Å². The summed E-state index contributed by atoms with van der Waals surface area (Å²) in [6.45, 7) is 8.86. The lowest BCUT2D eigenvalue weighted by Crippen LogP contribution is -2.15. The summed E-state index contributed by atoms with van der Waals surface area (Å²) in [7, 11) is 0. The van der Waals surface area contributed by atoms with Gasteiger partial charge >= 0.3 is 17.6 Å². The van der Waals surface area contributed by atoms with Gasteiger partial charge in [0.1, 0.15) is 17.9 Å². The lowest BCUT2D eigenvalue weighted by atomic mass is 10.1. The molecule has 7 heteroatoms. The van der Waals surface area contributed by atoms with E-state index in [1.807, 2.05) is 13.0 Å². The molecule has 0 spiro atoms. The second-order valence-electron chi connectivity index (χ2n) is 7.07. The van der Waals surface area contributed by atoms with Crippen molar-refractivity contribution < 1.29 is 28.2 Å². The zero-order valence-electron chi connectivity index (χ0n) is 17.9. The first-order valence-corrected chi connectivity index (χ1v) is 9.57. The summed E-state index contributed by atoms with van der Waals surface area (Å²) < 4.78 is 21.0. The lowest BCUT2D eigenvalue weighted by molar-refractivity contribution is -0.134. The molecule has 7 nitrogen and oxygen atoms in total. The minimum atomic E-state index is -0.930. The average molecular weight is 414 g/mol. The van der Waals surface area contributed by atoms with Gasteiger partial charge in [0.15, 0.2) is 5.75 Å². The molecule has 0 saturated heterocycles. The van der Waals surface area contributed by atoms with Gasteiger partial charge in [-0.05, 0) is 51.8 Å². The molecule has 0 fully saturated rings. The van der Waals surface area contributed by atoms with E-state index < -0.39 is 23.3 Å². The summed E-state index contributed by atoms with van der Waals surface area (Å²) in [6.07, 6.45) is 6.11. The number of rotatable bonds is 8. The Morgan fingerprint density at radius 2 is 1.63 bits per heavy atom. The third kappa shape index (κ3) is 6.62. The summed E-state index contributed by atoms with van der Waals surface area (Å²) in [5.74, 6) is -1.54. The molecule has 0 unspecified atom stereocenters. The van der Waals surface area contributed by atoms with Crippen molar-refractivity contribution in [2.45, 2.75) is 47.5 Å². The van der Waals surface area contributed by atoms with Gasteiger partial charge in [-0.15, -0.1) is 0 Å². The molecular weight excluding hydrogens is 388 g/mol. The highest BCUT2D eigenvalue weighted by Gasteiger charge is 2.21. The molecule has 0 aliphatic heterocycles. The van der Waals surface area contributed by atoms with Gasteiger partial charge in [-0.3, -0.25) is 9.59 Å². The average Bonchev–Trinajstić information content (AvgIpc) is 2.63. The Labute approximate surface area is 174 Å². The van der Waals surface area contributed by atoms with Crippen LogP contribution in [0.3, 0.4) is 0 Å². The normalized spacial score (nSPS) is 11.2. The number of hydrogen-bond donors (Lipinski definition) is 0. The van der Waals surface area contributed by atoms with Gasteiger partial charge in [-0.2, -0.15) is 0 Å². The van der Waals surface area contributed by atoms with Crippen LogP contribution in [-0.2, 0) is 9.59 Å². The van der Waals surface area contributed by atoms with Crippen LogP contribution in [0.2, 0.25) is 0 Å². The highest BCUT2D eigenvalue weighted by atomic mass is 16.6. The van der Waals surface area contributed by atoms with Crippen LogP contribution < -0.4 is 19.8 Å². The van der Waals surface area contributed by atoms with Gasteiger partial charge in [0.05, 0.1) is 5.39 Å². The number of esters is 2. The van der Waals surface area contributed by atoms with E-state index in [1.165, 1.54) is 24.1 Å². The molecule has 1 aromatic heterocycles. The number of fused-ring (bicyclic) bond motifs is 1. The molecule has 2 aromatic rings. The first-order valence-electron chi connectivity index (χ1n) is 9.57. The second kappa shape index (κ2) is 10.4. The third-order valence-electron chi connectivity index (χ3n) is 4.06. The molecule has 0 aliphatic rings. The molecular formula is C23H26O7. The van der Waals surface area contributed by atoms with Crippen molar-refractivity contribution in [1.29, 1.82) is 0 Å². The van der Waals surface area contributed by atoms with Crippen LogP contribution in [0.1, 0.15) is 47.5 Å². The van der Waals surface area contributed by atoms with Crippen molar-refractivity contribution in [2.24, 2.45) is 0 Å². The Hall–Kier alpha value is -3.35. The van der Waals surface area contributed by atoms with Gasteiger partial charge in [0.2, 0.25) is 0 Å². The highest BCUT2D eigenvalue weighted by molar-refractivity contribution is 5.90. The van der Waals surface area contributed by atoms with E-state index in [0.717, 1.165) is 19.8 Å². The van der Waals surface area contributed by atoms with Crippen molar-refractivity contribution in [1.82, 2.24) is 0 Å². The van der Waals surface area contributed by atoms with Gasteiger partial charge in [-0.1, -0.05) is 17.2 Å². The molecule has 1 heterocycles. The van der Waals surface area contributed by atoms with Gasteiger partial charge < -0.3 is 18.6 Å². The van der Waals surface area contributed by atoms with Crippen molar-refractivity contribution in [3.8, 4) is 17.2 Å². The Balaban J connectivity index is 2.25. The fraction of sp³-hybridized carbons (Fsp3) is 0.348. The molecule has 0 atom stereocenters. The first-order chi connectivity index (χ1) is 14.2. The molecule has 0 saturated carbocycles. The molecule has 0 amide bonds. The van der Waals surface area contributed by atoms with E-state index in [9.17, 15) is 14.4 Å². The zero-order valence-corrected chi connectivity index (χ0v) is 17.9. The van der Waals surface area contributed by atoms with E-state index in [4.69, 9.17) is 18.6 Å². The summed E-state index contributed by atoms with van der Waals surface area (Å²) in [5, 5.41) is 0.307. The van der Waals surface area contributed by atoms with E-state index in [1.54, 1.807) is 12.1 Å². The summed E-state index contributed by atoms with van der Waals surface area (Å²) in [4.78, 5) is 35.0. The van der Waals surface area contributed by atoms with Gasteiger partial charge in [0, 0.05) is 19.9 Å². The van der Waals surface area contributed by atoms with Gasteiger partial charge in [-0.25, -0.2) is 4.79 Å². The van der Waals surface area contributed by atoms with Crippen LogP contribution in [0.5, 0.6) is 17.2 Å². The minimum Gasteiger partial charge on any atom is -0.489 e. The fourth-order valence-corrected chi connectivity index (χ4v) is 2.67. The van der Waals surface area contributed by atoms with Crippen molar-refractivity contribution in [2.75, 3.05) is 6.61 Å². The maximum Gasteiger partial charge on any atom is 0.383 e. The van der Waals surface area contributed by atoms with Crippen LogP contribution in [0.4, 0.5) is 0 Å². The maximum atomic E-state index is 12.2. The lowest BCUT2D eigenvalue weighted by Gasteiger charge is -2.11. The number of allylic oxidation sites excluding steroid dienone is 3. The van der Waals surface area contributed by atoms with Crippen molar-refractivity contribution in [3.05, 3.63) is 51.9 Å². The Bertz CT molecular complexity index is 1050. The van der Waals surface area contributed by atoms with Gasteiger partial charge in [0.25, 0.3) is 5.75 Å². The smallest absolute Gasteiger partial charge is 0.383 e. The SMILES string of the molecule is CC(=O)Oc1c(OC(C)=O)c2ccc(OCC=C(C)CCC=C(C)C)cc2oc1=O. The number of hydrogen-bond acceptors (Lipinski definition) is 7. The topological polar surface area (TPSA) is 92.0 Å². The number of benzene rings is 1. The molecule has 0 N–H and O–H groups in total. The maximum absolute atomic E-state index is 12.2. The molecule has 0 radical (unpaired) electrons. The summed E-state index contributed by atoms with van der Waals surface area (Å²) in [5.41, 5.74) is 1.72. The zero-order chi connectivity index (χ0) is 22.3. The van der Waals surface area contributed by atoms with Crippen LogP contribution in [0.15, 0.2) is 50.7 Å². The highest BCUT2D eigenvalue weighted by Crippen LogP contribution is 2.34. The Morgan fingerprint density at radius 1 is 0.967 bits per heavy atom. The predicted molar refractivity (Wildman–Crippen MR) is 113 cm³/mol. The largest absolute Gasteiger partial charge is 0.489 e. The molecule has 2 rings (SSSR count). The molecule has 0 aliphatic carbocycles. The summed E-state index contributed by atoms with van der Waals surface area (Å²) in [6, 6.07) is 4.75. The van der Waals surface area contributed by atoms with Crippen LogP contribution in [-0.4, -0.2) is 18.5 Å². The quantitative estimate of drug-likeness (QED) is 0.351. The first kappa shape index (κ1) is 22.9. The number of ether oxygens (including phenoxy) is 3. The predicted octanol–water partition coefficient (Wildman–Crippen LogP) is 4.72. The van der Waals surface area contributed by atoms with E-state index in [0.29, 0.717) is 17.7 Å². The Morgan fingerprint density at radius 3 is 2.27 bits per heavy atom. The standard InChI is InChI=1S/C23H26O7/c1-14(2)7-6-8-15(3)11-12-27-18-9-10-19-20(13-18)30-23(26)22(29-17(5)25)21(19)28-16(4)24/h7,9-11,13H,6,8,12H2,1-5H3. The van der Waals surface area contributed by atoms with E-state index >= 15 is 0 Å². The summed E-state index contributed by atoms with van der Waals surface area (Å²) >= 11 is 0. The number of carbonyl (C=O) groups excluding carboxylic acids is 2. The molecule has 30 heavy (non-hydrogen) atoms. The van der Waals surface area contributed by atoms with Crippen LogP contribution in [0, 0.1) is 0 Å². The second-order valence-corrected chi connectivity index (χ2v) is 7.07. The molecule has 0 bridgehead atoms. The van der Waals surface area contributed by atoms with E-state index in [2.05, 4.69) is 19.9 Å². The molecule has 1 aromatic carbocycles. The van der Waals surface area contributed by atoms with Crippen LogP contribution >= 0.6 is 0 Å². The number of carbonyl (C=O) groups is 2. The fourth-order valence-electron chi connectivity index (χ4n) is 2.67. The Kier molecular flexibility index (Phi) is 7.98. The van der Waals surface area contributed by atoms with Crippen LogP contribution in [0.25, 0.3) is 11.0 Å².